The molecule has 1 unspecified atom stereocenters. The van der Waals surface area contributed by atoms with Crippen molar-refractivity contribution in [3.63, 3.8) is 0 Å². The fourth-order valence-corrected chi connectivity index (χ4v) is 1.71. The first-order valence-electron chi connectivity index (χ1n) is 5.61. The van der Waals surface area contributed by atoms with Gasteiger partial charge in [-0.05, 0) is 5.56 Å². The van der Waals surface area contributed by atoms with E-state index in [1.165, 1.54) is 0 Å². The summed E-state index contributed by atoms with van der Waals surface area (Å²) in [5, 5.41) is 2.17. The van der Waals surface area contributed by atoms with Gasteiger partial charge in [-0.3, -0.25) is 15.1 Å². The number of hydrogen-bond donors (Lipinski definition) is 3. The summed E-state index contributed by atoms with van der Waals surface area (Å²) in [4.78, 5) is 22.9. The molecule has 1 aromatic rings. The van der Waals surface area contributed by atoms with Crippen molar-refractivity contribution < 1.29 is 22.8 Å². The Hall–Kier alpha value is -2.29. The zero-order chi connectivity index (χ0) is 14.8. The van der Waals surface area contributed by atoms with Gasteiger partial charge in [0.15, 0.2) is 6.29 Å². The summed E-state index contributed by atoms with van der Waals surface area (Å²) in [6.07, 6.45) is -6.29. The molecule has 1 aromatic carbocycles. The van der Waals surface area contributed by atoms with Gasteiger partial charge in [0.05, 0.1) is 0 Å². The number of alkyl halides is 3. The van der Waals surface area contributed by atoms with Crippen molar-refractivity contribution in [1.29, 1.82) is 0 Å². The van der Waals surface area contributed by atoms with Crippen LogP contribution in [0.15, 0.2) is 30.3 Å². The molecular formula is C11H11F3N4O2. The van der Waals surface area contributed by atoms with Crippen LogP contribution in [0.3, 0.4) is 0 Å². The molecule has 1 aliphatic heterocycles. The molecule has 3 amide bonds. The molecule has 9 heteroatoms. The van der Waals surface area contributed by atoms with E-state index in [2.05, 4.69) is 16.2 Å². The summed E-state index contributed by atoms with van der Waals surface area (Å²) in [6.45, 7) is -0.293. The van der Waals surface area contributed by atoms with Crippen LogP contribution in [0, 0.1) is 0 Å². The van der Waals surface area contributed by atoms with E-state index in [9.17, 15) is 22.8 Å². The number of hydrazine groups is 1. The van der Waals surface area contributed by atoms with Gasteiger partial charge in [-0.2, -0.15) is 18.6 Å². The maximum Gasteiger partial charge on any atom is 0.471 e. The SMILES string of the molecule is O=C1NNC(N(Cc2ccccc2)C(=O)C(F)(F)F)N1. The number of carbonyl (C=O) groups excluding carboxylic acids is 2. The minimum absolute atomic E-state index is 0.293. The maximum atomic E-state index is 12.6. The van der Waals surface area contributed by atoms with Gasteiger partial charge in [0, 0.05) is 6.54 Å². The number of nitrogens with one attached hydrogen (secondary N) is 3. The summed E-state index contributed by atoms with van der Waals surface area (Å²) in [5.41, 5.74) is 4.86. The van der Waals surface area contributed by atoms with Crippen molar-refractivity contribution in [2.24, 2.45) is 0 Å². The number of benzene rings is 1. The smallest absolute Gasteiger partial charge is 0.303 e. The number of rotatable bonds is 3. The first kappa shape index (κ1) is 14.1. The molecule has 1 saturated heterocycles. The van der Waals surface area contributed by atoms with E-state index in [1.54, 1.807) is 30.3 Å². The summed E-state index contributed by atoms with van der Waals surface area (Å²) in [7, 11) is 0. The first-order chi connectivity index (χ1) is 9.38. The number of nitrogens with zero attached hydrogens (tertiary/aromatic N) is 1. The number of urea groups is 1. The lowest BCUT2D eigenvalue weighted by Gasteiger charge is -2.28. The fourth-order valence-electron chi connectivity index (χ4n) is 1.71. The van der Waals surface area contributed by atoms with Crippen LogP contribution in [0.25, 0.3) is 0 Å². The molecule has 3 N–H and O–H groups in total. The number of carbonyl (C=O) groups is 2. The Morgan fingerprint density at radius 2 is 1.90 bits per heavy atom. The van der Waals surface area contributed by atoms with E-state index < -0.39 is 24.4 Å². The molecule has 1 heterocycles. The Morgan fingerprint density at radius 1 is 1.25 bits per heavy atom. The second-order valence-corrected chi connectivity index (χ2v) is 4.06. The lowest BCUT2D eigenvalue weighted by molar-refractivity contribution is -0.189. The van der Waals surface area contributed by atoms with E-state index in [4.69, 9.17) is 0 Å². The number of hydrogen-bond acceptors (Lipinski definition) is 3. The Balaban J connectivity index is 2.20. The third kappa shape index (κ3) is 3.18. The number of halogens is 3. The van der Waals surface area contributed by atoms with Gasteiger partial charge < -0.3 is 5.32 Å². The van der Waals surface area contributed by atoms with Gasteiger partial charge >= 0.3 is 18.1 Å². The molecule has 2 rings (SSSR count). The van der Waals surface area contributed by atoms with Crippen molar-refractivity contribution in [1.82, 2.24) is 21.1 Å². The Labute approximate surface area is 111 Å². The third-order valence-corrected chi connectivity index (χ3v) is 2.60. The van der Waals surface area contributed by atoms with Crippen molar-refractivity contribution in [3.8, 4) is 0 Å². The average molecular weight is 288 g/mol. The molecule has 20 heavy (non-hydrogen) atoms. The lowest BCUT2D eigenvalue weighted by Crippen LogP contribution is -2.55. The molecule has 108 valence electrons. The minimum Gasteiger partial charge on any atom is -0.303 e. The summed E-state index contributed by atoms with van der Waals surface area (Å²) >= 11 is 0. The largest absolute Gasteiger partial charge is 0.471 e. The van der Waals surface area contributed by atoms with E-state index in [1.807, 2.05) is 0 Å². The van der Waals surface area contributed by atoms with Crippen LogP contribution in [0.4, 0.5) is 18.0 Å². The first-order valence-corrected chi connectivity index (χ1v) is 5.61. The number of amides is 3. The molecule has 0 bridgehead atoms. The van der Waals surface area contributed by atoms with Gasteiger partial charge in [-0.15, -0.1) is 0 Å². The Bertz CT molecular complexity index is 506. The van der Waals surface area contributed by atoms with Gasteiger partial charge in [0.25, 0.3) is 0 Å². The quantitative estimate of drug-likeness (QED) is 0.765. The van der Waals surface area contributed by atoms with E-state index in [-0.39, 0.29) is 6.54 Å². The normalized spacial score (nSPS) is 18.4. The predicted octanol–water partition coefficient (Wildman–Crippen LogP) is 0.678. The zero-order valence-corrected chi connectivity index (χ0v) is 10.1. The van der Waals surface area contributed by atoms with Crippen molar-refractivity contribution >= 4 is 11.9 Å². The van der Waals surface area contributed by atoms with Crippen molar-refractivity contribution in [2.75, 3.05) is 0 Å². The highest BCUT2D eigenvalue weighted by Crippen LogP contribution is 2.21. The van der Waals surface area contributed by atoms with Crippen LogP contribution in [0.2, 0.25) is 0 Å². The minimum atomic E-state index is -5.02. The molecule has 0 radical (unpaired) electrons. The summed E-state index contributed by atoms with van der Waals surface area (Å²) < 4.78 is 37.8. The molecule has 6 nitrogen and oxygen atoms in total. The maximum absolute atomic E-state index is 12.6. The highest BCUT2D eigenvalue weighted by atomic mass is 19.4. The predicted molar refractivity (Wildman–Crippen MR) is 61.6 cm³/mol. The fraction of sp³-hybridized carbons (Fsp3) is 0.273. The van der Waals surface area contributed by atoms with Gasteiger partial charge in [0.1, 0.15) is 0 Å². The molecule has 1 atom stereocenters. The highest BCUT2D eigenvalue weighted by Gasteiger charge is 2.46. The van der Waals surface area contributed by atoms with Gasteiger partial charge in [-0.25, -0.2) is 4.79 Å². The van der Waals surface area contributed by atoms with Crippen LogP contribution in [-0.4, -0.2) is 29.3 Å². The van der Waals surface area contributed by atoms with Crippen LogP contribution in [0.1, 0.15) is 5.56 Å². The average Bonchev–Trinajstić information content (AvgIpc) is 2.82. The molecule has 0 aliphatic carbocycles. The van der Waals surface area contributed by atoms with Crippen LogP contribution < -0.4 is 16.2 Å². The topological polar surface area (TPSA) is 73.5 Å². The molecule has 0 aromatic heterocycles. The molecular weight excluding hydrogens is 277 g/mol. The highest BCUT2D eigenvalue weighted by molar-refractivity contribution is 5.83. The molecule has 0 saturated carbocycles. The van der Waals surface area contributed by atoms with Crippen LogP contribution in [0.5, 0.6) is 0 Å². The monoisotopic (exact) mass is 288 g/mol. The van der Waals surface area contributed by atoms with E-state index in [0.29, 0.717) is 10.5 Å². The van der Waals surface area contributed by atoms with Crippen LogP contribution in [-0.2, 0) is 11.3 Å². The Kier molecular flexibility index (Phi) is 3.79. The zero-order valence-electron chi connectivity index (χ0n) is 10.1. The van der Waals surface area contributed by atoms with E-state index in [0.717, 1.165) is 0 Å². The summed E-state index contributed by atoms with van der Waals surface area (Å²) in [6, 6.07) is 7.45. The Morgan fingerprint density at radius 3 is 2.40 bits per heavy atom. The second kappa shape index (κ2) is 5.37. The second-order valence-electron chi connectivity index (χ2n) is 4.06. The van der Waals surface area contributed by atoms with Gasteiger partial charge in [-0.1, -0.05) is 30.3 Å². The molecule has 1 aliphatic rings. The van der Waals surface area contributed by atoms with Gasteiger partial charge in [0.2, 0.25) is 0 Å². The molecule has 1 fully saturated rings. The third-order valence-electron chi connectivity index (χ3n) is 2.60. The molecule has 0 spiro atoms. The van der Waals surface area contributed by atoms with Crippen LogP contribution >= 0.6 is 0 Å². The summed E-state index contributed by atoms with van der Waals surface area (Å²) in [5.74, 6) is -2.04. The van der Waals surface area contributed by atoms with Crippen molar-refractivity contribution in [3.05, 3.63) is 35.9 Å². The lowest BCUT2D eigenvalue weighted by atomic mass is 10.2. The van der Waals surface area contributed by atoms with E-state index >= 15 is 0 Å². The standard InChI is InChI=1S/C11H11F3N4O2/c12-11(13,14)8(19)18(9-15-10(20)17-16-9)6-7-4-2-1-3-5-7/h1-5,9,16H,6H2,(H2,15,17,20). The van der Waals surface area contributed by atoms with Crippen molar-refractivity contribution in [2.45, 2.75) is 19.0 Å².